The highest BCUT2D eigenvalue weighted by Crippen LogP contribution is 2.26. The number of hydrogen-bond acceptors (Lipinski definition) is 4. The largest absolute Gasteiger partial charge is 0.497 e. The van der Waals surface area contributed by atoms with Crippen LogP contribution in [0, 0.1) is 5.92 Å². The summed E-state index contributed by atoms with van der Waals surface area (Å²) in [5, 5.41) is 9.60. The molecule has 2 amide bonds. The molecule has 1 aliphatic heterocycles. The minimum absolute atomic E-state index is 0.148. The summed E-state index contributed by atoms with van der Waals surface area (Å²) in [6.45, 7) is 5.20. The number of carbonyl (C=O) groups excluding carboxylic acids is 2. The van der Waals surface area contributed by atoms with Crippen LogP contribution in [0.15, 0.2) is 29.3 Å². The van der Waals surface area contributed by atoms with Crippen molar-refractivity contribution in [2.24, 2.45) is 10.9 Å². The molecule has 2 aliphatic rings. The molecule has 8 heteroatoms. The quantitative estimate of drug-likeness (QED) is 0.325. The molecule has 1 aromatic carbocycles. The molecule has 1 saturated carbocycles. The summed E-state index contributed by atoms with van der Waals surface area (Å²) in [5.74, 6) is 1.78. The van der Waals surface area contributed by atoms with Crippen LogP contribution in [-0.2, 0) is 4.79 Å². The minimum atomic E-state index is -0.148. The number of carbonyl (C=O) groups is 2. The van der Waals surface area contributed by atoms with Crippen molar-refractivity contribution < 1.29 is 14.3 Å². The first-order chi connectivity index (χ1) is 15.6. The van der Waals surface area contributed by atoms with Crippen molar-refractivity contribution in [3.63, 3.8) is 0 Å². The van der Waals surface area contributed by atoms with Crippen molar-refractivity contribution in [2.45, 2.75) is 51.5 Å². The number of benzene rings is 1. The van der Waals surface area contributed by atoms with Crippen LogP contribution in [0.1, 0.15) is 55.8 Å². The molecule has 1 aliphatic carbocycles. The summed E-state index contributed by atoms with van der Waals surface area (Å²) in [6, 6.07) is 7.27. The van der Waals surface area contributed by atoms with Crippen molar-refractivity contribution in [3.8, 4) is 5.75 Å². The van der Waals surface area contributed by atoms with Crippen LogP contribution >= 0.6 is 0 Å². The second-order valence-corrected chi connectivity index (χ2v) is 8.50. The molecule has 3 N–H and O–H groups in total. The number of amides is 2. The Kier molecular flexibility index (Phi) is 9.19. The van der Waals surface area contributed by atoms with Crippen LogP contribution in [0.2, 0.25) is 0 Å². The van der Waals surface area contributed by atoms with Gasteiger partial charge in [0, 0.05) is 43.7 Å². The van der Waals surface area contributed by atoms with Crippen molar-refractivity contribution >= 4 is 17.8 Å². The van der Waals surface area contributed by atoms with Gasteiger partial charge in [-0.05, 0) is 44.4 Å². The smallest absolute Gasteiger partial charge is 0.251 e. The molecular weight excluding hydrogens is 406 g/mol. The minimum Gasteiger partial charge on any atom is -0.497 e. The van der Waals surface area contributed by atoms with Crippen LogP contribution in [0.25, 0.3) is 0 Å². The van der Waals surface area contributed by atoms with Gasteiger partial charge in [0.25, 0.3) is 5.91 Å². The SMILES string of the molecule is CCNC(=NCCNC(=O)c1cccc(OC)c1)NC1CCN(C(=O)C2CCCCC2)C1. The number of hydrogen-bond donors (Lipinski definition) is 3. The van der Waals surface area contributed by atoms with Crippen LogP contribution in [0.4, 0.5) is 0 Å². The van der Waals surface area contributed by atoms with Gasteiger partial charge >= 0.3 is 0 Å². The van der Waals surface area contributed by atoms with E-state index in [-0.39, 0.29) is 17.9 Å². The average molecular weight is 444 g/mol. The molecule has 8 nitrogen and oxygen atoms in total. The molecule has 2 fully saturated rings. The summed E-state index contributed by atoms with van der Waals surface area (Å²) in [4.78, 5) is 31.7. The fraction of sp³-hybridized carbons (Fsp3) is 0.625. The lowest BCUT2D eigenvalue weighted by Gasteiger charge is -2.26. The van der Waals surface area contributed by atoms with E-state index in [4.69, 9.17) is 4.74 Å². The van der Waals surface area contributed by atoms with Gasteiger partial charge in [0.1, 0.15) is 5.75 Å². The highest BCUT2D eigenvalue weighted by molar-refractivity contribution is 5.94. The van der Waals surface area contributed by atoms with E-state index >= 15 is 0 Å². The molecule has 1 atom stereocenters. The predicted molar refractivity (Wildman–Crippen MR) is 126 cm³/mol. The zero-order valence-electron chi connectivity index (χ0n) is 19.4. The van der Waals surface area contributed by atoms with E-state index in [1.165, 1.54) is 19.3 Å². The highest BCUT2D eigenvalue weighted by atomic mass is 16.5. The van der Waals surface area contributed by atoms with Crippen molar-refractivity contribution in [3.05, 3.63) is 29.8 Å². The van der Waals surface area contributed by atoms with Crippen LogP contribution in [0.3, 0.4) is 0 Å². The summed E-state index contributed by atoms with van der Waals surface area (Å²) >= 11 is 0. The summed E-state index contributed by atoms with van der Waals surface area (Å²) in [7, 11) is 1.58. The lowest BCUT2D eigenvalue weighted by Crippen LogP contribution is -2.46. The fourth-order valence-electron chi connectivity index (χ4n) is 4.40. The zero-order valence-corrected chi connectivity index (χ0v) is 19.4. The molecule has 3 rings (SSSR count). The van der Waals surface area contributed by atoms with Crippen molar-refractivity contribution in [1.82, 2.24) is 20.9 Å². The third kappa shape index (κ3) is 6.87. The topological polar surface area (TPSA) is 95.1 Å². The Labute approximate surface area is 191 Å². The lowest BCUT2D eigenvalue weighted by atomic mass is 9.88. The first-order valence-electron chi connectivity index (χ1n) is 11.9. The van der Waals surface area contributed by atoms with Crippen LogP contribution in [0.5, 0.6) is 5.75 Å². The van der Waals surface area contributed by atoms with Crippen LogP contribution in [-0.4, -0.2) is 68.5 Å². The molecule has 0 radical (unpaired) electrons. The Morgan fingerprint density at radius 3 is 2.72 bits per heavy atom. The molecule has 0 aromatic heterocycles. The van der Waals surface area contributed by atoms with E-state index in [2.05, 4.69) is 20.9 Å². The third-order valence-electron chi connectivity index (χ3n) is 6.14. The van der Waals surface area contributed by atoms with Gasteiger partial charge in [-0.2, -0.15) is 0 Å². The number of aliphatic imine (C=N–C) groups is 1. The number of rotatable bonds is 8. The molecule has 1 unspecified atom stereocenters. The Morgan fingerprint density at radius 2 is 1.97 bits per heavy atom. The van der Waals surface area contributed by atoms with Gasteiger partial charge in [-0.3, -0.25) is 14.6 Å². The number of nitrogens with one attached hydrogen (secondary N) is 3. The molecule has 32 heavy (non-hydrogen) atoms. The Hall–Kier alpha value is -2.77. The summed E-state index contributed by atoms with van der Waals surface area (Å²) < 4.78 is 5.17. The first kappa shape index (κ1) is 23.9. The predicted octanol–water partition coefficient (Wildman–Crippen LogP) is 2.16. The molecule has 0 bridgehead atoms. The standard InChI is InChI=1S/C24H37N5O3/c1-3-25-24(27-14-13-26-22(30)19-10-7-11-21(16-19)32-2)28-20-12-15-29(17-20)23(31)18-8-5-4-6-9-18/h7,10-11,16,18,20H,3-6,8-9,12-15,17H2,1-2H3,(H,26,30)(H2,25,27,28). The van der Waals surface area contributed by atoms with E-state index < -0.39 is 0 Å². The second-order valence-electron chi connectivity index (χ2n) is 8.50. The summed E-state index contributed by atoms with van der Waals surface area (Å²) in [5.41, 5.74) is 0.562. The number of nitrogens with zero attached hydrogens (tertiary/aromatic N) is 2. The maximum absolute atomic E-state index is 12.8. The Balaban J connectivity index is 1.44. The molecule has 0 spiro atoms. The van der Waals surface area contributed by atoms with Gasteiger partial charge in [0.05, 0.1) is 13.7 Å². The van der Waals surface area contributed by atoms with E-state index in [1.54, 1.807) is 25.3 Å². The summed E-state index contributed by atoms with van der Waals surface area (Å²) in [6.07, 6.45) is 6.62. The van der Waals surface area contributed by atoms with E-state index in [0.29, 0.717) is 30.3 Å². The maximum Gasteiger partial charge on any atom is 0.251 e. The molecule has 176 valence electrons. The number of methoxy groups -OCH3 is 1. The first-order valence-corrected chi connectivity index (χ1v) is 11.9. The Morgan fingerprint density at radius 1 is 1.16 bits per heavy atom. The monoisotopic (exact) mass is 443 g/mol. The van der Waals surface area contributed by atoms with Gasteiger partial charge in [-0.1, -0.05) is 25.3 Å². The van der Waals surface area contributed by atoms with Gasteiger partial charge in [0.2, 0.25) is 5.91 Å². The zero-order chi connectivity index (χ0) is 22.8. The van der Waals surface area contributed by atoms with Gasteiger partial charge in [0.15, 0.2) is 5.96 Å². The maximum atomic E-state index is 12.8. The van der Waals surface area contributed by atoms with E-state index in [1.807, 2.05) is 17.9 Å². The lowest BCUT2D eigenvalue weighted by molar-refractivity contribution is -0.135. The second kappa shape index (κ2) is 12.3. The molecule has 1 saturated heterocycles. The molecule has 1 aromatic rings. The fourth-order valence-corrected chi connectivity index (χ4v) is 4.40. The number of ether oxygens (including phenoxy) is 1. The number of likely N-dealkylation sites (tertiary alicyclic amines) is 1. The van der Waals surface area contributed by atoms with E-state index in [9.17, 15) is 9.59 Å². The highest BCUT2D eigenvalue weighted by Gasteiger charge is 2.31. The van der Waals surface area contributed by atoms with Gasteiger partial charge in [-0.25, -0.2) is 0 Å². The van der Waals surface area contributed by atoms with Gasteiger partial charge in [-0.15, -0.1) is 0 Å². The van der Waals surface area contributed by atoms with E-state index in [0.717, 1.165) is 44.9 Å². The Bertz CT molecular complexity index is 792. The molecule has 1 heterocycles. The molecular formula is C24H37N5O3. The average Bonchev–Trinajstić information content (AvgIpc) is 3.30. The van der Waals surface area contributed by atoms with Crippen molar-refractivity contribution in [1.29, 1.82) is 0 Å². The third-order valence-corrected chi connectivity index (χ3v) is 6.14. The normalized spacial score (nSPS) is 19.5. The van der Waals surface area contributed by atoms with Crippen molar-refractivity contribution in [2.75, 3.05) is 39.8 Å². The van der Waals surface area contributed by atoms with Crippen LogP contribution < -0.4 is 20.7 Å². The van der Waals surface area contributed by atoms with Gasteiger partial charge < -0.3 is 25.6 Å². The number of guanidine groups is 1.